The molecule has 0 bridgehead atoms. The summed E-state index contributed by atoms with van der Waals surface area (Å²) in [4.78, 5) is 2.37. The number of aromatic nitrogens is 1. The summed E-state index contributed by atoms with van der Waals surface area (Å²) in [7, 11) is 0. The van der Waals surface area contributed by atoms with E-state index in [1.165, 1.54) is 0 Å². The van der Waals surface area contributed by atoms with Crippen molar-refractivity contribution in [1.29, 1.82) is 0 Å². The molecule has 0 saturated carbocycles. The molecule has 0 aliphatic heterocycles. The zero-order valence-corrected chi connectivity index (χ0v) is 13.1. The summed E-state index contributed by atoms with van der Waals surface area (Å²) < 4.78 is 10.7. The molecule has 2 rings (SSSR count). The van der Waals surface area contributed by atoms with Gasteiger partial charge < -0.3 is 14.7 Å². The molecule has 116 valence electrons. The van der Waals surface area contributed by atoms with Gasteiger partial charge in [0.15, 0.2) is 5.76 Å². The SMILES string of the molecule is CCCN(Cc1cc(-c2ccco2)on1)CC(C)(C)CN. The lowest BCUT2D eigenvalue weighted by Crippen LogP contribution is -2.38. The van der Waals surface area contributed by atoms with Gasteiger partial charge >= 0.3 is 0 Å². The Bertz CT molecular complexity index is 531. The molecule has 2 heterocycles. The van der Waals surface area contributed by atoms with Crippen LogP contribution in [0, 0.1) is 5.41 Å². The summed E-state index contributed by atoms with van der Waals surface area (Å²) in [5.74, 6) is 1.38. The lowest BCUT2D eigenvalue weighted by molar-refractivity contribution is 0.172. The molecule has 2 aromatic rings. The van der Waals surface area contributed by atoms with Crippen LogP contribution in [-0.4, -0.2) is 29.7 Å². The highest BCUT2D eigenvalue weighted by Crippen LogP contribution is 2.22. The second-order valence-electron chi connectivity index (χ2n) is 6.24. The van der Waals surface area contributed by atoms with E-state index in [1.54, 1.807) is 6.26 Å². The van der Waals surface area contributed by atoms with Gasteiger partial charge in [-0.3, -0.25) is 4.90 Å². The molecule has 5 nitrogen and oxygen atoms in total. The third-order valence-electron chi connectivity index (χ3n) is 3.45. The van der Waals surface area contributed by atoms with Crippen molar-refractivity contribution in [2.75, 3.05) is 19.6 Å². The zero-order valence-electron chi connectivity index (χ0n) is 13.1. The summed E-state index contributed by atoms with van der Waals surface area (Å²) in [6.07, 6.45) is 2.73. The van der Waals surface area contributed by atoms with Crippen molar-refractivity contribution >= 4 is 0 Å². The first-order valence-corrected chi connectivity index (χ1v) is 7.46. The molecule has 0 radical (unpaired) electrons. The van der Waals surface area contributed by atoms with Gasteiger partial charge in [-0.05, 0) is 37.1 Å². The van der Waals surface area contributed by atoms with E-state index in [-0.39, 0.29) is 5.41 Å². The standard InChI is InChI=1S/C16H25N3O2/c1-4-7-19(12-16(2,3)11-17)10-13-9-15(21-18-13)14-6-5-8-20-14/h5-6,8-9H,4,7,10-12,17H2,1-3H3. The Labute approximate surface area is 126 Å². The van der Waals surface area contributed by atoms with Gasteiger partial charge in [-0.1, -0.05) is 25.9 Å². The quantitative estimate of drug-likeness (QED) is 0.809. The maximum atomic E-state index is 5.84. The third kappa shape index (κ3) is 4.44. The molecule has 0 saturated heterocycles. The van der Waals surface area contributed by atoms with Gasteiger partial charge in [0.2, 0.25) is 5.76 Å². The van der Waals surface area contributed by atoms with Crippen molar-refractivity contribution in [3.8, 4) is 11.5 Å². The lowest BCUT2D eigenvalue weighted by Gasteiger charge is -2.31. The average Bonchev–Trinajstić information content (AvgIpc) is 3.08. The van der Waals surface area contributed by atoms with Gasteiger partial charge in [0.25, 0.3) is 0 Å². The van der Waals surface area contributed by atoms with Crippen LogP contribution in [0.5, 0.6) is 0 Å². The average molecular weight is 291 g/mol. The molecule has 0 unspecified atom stereocenters. The Morgan fingerprint density at radius 1 is 1.33 bits per heavy atom. The predicted molar refractivity (Wildman–Crippen MR) is 82.6 cm³/mol. The van der Waals surface area contributed by atoms with Crippen LogP contribution >= 0.6 is 0 Å². The molecule has 0 aromatic carbocycles. The summed E-state index contributed by atoms with van der Waals surface area (Å²) >= 11 is 0. The predicted octanol–water partition coefficient (Wildman–Crippen LogP) is 3.13. The van der Waals surface area contributed by atoms with Crippen LogP contribution in [0.3, 0.4) is 0 Å². The summed E-state index contributed by atoms with van der Waals surface area (Å²) in [5.41, 5.74) is 6.86. The van der Waals surface area contributed by atoms with E-state index in [0.29, 0.717) is 18.1 Å². The highest BCUT2D eigenvalue weighted by Gasteiger charge is 2.21. The molecule has 5 heteroatoms. The van der Waals surface area contributed by atoms with E-state index in [9.17, 15) is 0 Å². The number of nitrogens with two attached hydrogens (primary N) is 1. The van der Waals surface area contributed by atoms with E-state index >= 15 is 0 Å². The van der Waals surface area contributed by atoms with Crippen LogP contribution in [0.15, 0.2) is 33.4 Å². The minimum Gasteiger partial charge on any atom is -0.461 e. The fraction of sp³-hybridized carbons (Fsp3) is 0.562. The second-order valence-corrected chi connectivity index (χ2v) is 6.24. The van der Waals surface area contributed by atoms with Crippen molar-refractivity contribution < 1.29 is 8.94 Å². The Kier molecular flexibility index (Phi) is 5.20. The molecule has 0 fully saturated rings. The minimum absolute atomic E-state index is 0.0999. The van der Waals surface area contributed by atoms with Crippen LogP contribution in [0.1, 0.15) is 32.9 Å². The molecule has 0 atom stereocenters. The fourth-order valence-corrected chi connectivity index (χ4v) is 2.35. The third-order valence-corrected chi connectivity index (χ3v) is 3.45. The van der Waals surface area contributed by atoms with Crippen molar-refractivity contribution in [3.63, 3.8) is 0 Å². The Hall–Kier alpha value is -1.59. The number of furan rings is 1. The lowest BCUT2D eigenvalue weighted by atomic mass is 9.93. The molecule has 0 aliphatic rings. The topological polar surface area (TPSA) is 68.4 Å². The number of rotatable bonds is 8. The summed E-state index contributed by atoms with van der Waals surface area (Å²) in [6, 6.07) is 5.65. The second kappa shape index (κ2) is 6.91. The first-order valence-electron chi connectivity index (χ1n) is 7.46. The maximum Gasteiger partial charge on any atom is 0.202 e. The van der Waals surface area contributed by atoms with E-state index in [1.807, 2.05) is 18.2 Å². The smallest absolute Gasteiger partial charge is 0.202 e. The molecule has 0 amide bonds. The van der Waals surface area contributed by atoms with Crippen LogP contribution in [0.2, 0.25) is 0 Å². The molecular formula is C16H25N3O2. The van der Waals surface area contributed by atoms with E-state index in [0.717, 1.165) is 31.7 Å². The van der Waals surface area contributed by atoms with Crippen LogP contribution < -0.4 is 5.73 Å². The Morgan fingerprint density at radius 3 is 2.76 bits per heavy atom. The number of hydrogen-bond donors (Lipinski definition) is 1. The van der Waals surface area contributed by atoms with Crippen molar-refractivity contribution in [2.45, 2.75) is 33.7 Å². The molecule has 0 spiro atoms. The van der Waals surface area contributed by atoms with Gasteiger partial charge in [-0.2, -0.15) is 0 Å². The normalized spacial score (nSPS) is 12.2. The van der Waals surface area contributed by atoms with E-state index < -0.39 is 0 Å². The van der Waals surface area contributed by atoms with Gasteiger partial charge in [-0.15, -0.1) is 0 Å². The van der Waals surface area contributed by atoms with Crippen molar-refractivity contribution in [1.82, 2.24) is 10.1 Å². The van der Waals surface area contributed by atoms with Crippen molar-refractivity contribution in [2.24, 2.45) is 11.1 Å². The number of nitrogens with zero attached hydrogens (tertiary/aromatic N) is 2. The summed E-state index contributed by atoms with van der Waals surface area (Å²) in [5, 5.41) is 4.14. The molecule has 2 N–H and O–H groups in total. The molecule has 0 aliphatic carbocycles. The van der Waals surface area contributed by atoms with Gasteiger partial charge in [0.1, 0.15) is 0 Å². The van der Waals surface area contributed by atoms with Crippen LogP contribution in [-0.2, 0) is 6.54 Å². The highest BCUT2D eigenvalue weighted by atomic mass is 16.5. The van der Waals surface area contributed by atoms with Crippen molar-refractivity contribution in [3.05, 3.63) is 30.2 Å². The van der Waals surface area contributed by atoms with Gasteiger partial charge in [-0.25, -0.2) is 0 Å². The fourth-order valence-electron chi connectivity index (χ4n) is 2.35. The van der Waals surface area contributed by atoms with E-state index in [4.69, 9.17) is 14.7 Å². The van der Waals surface area contributed by atoms with Crippen LogP contribution in [0.25, 0.3) is 11.5 Å². The molecular weight excluding hydrogens is 266 g/mol. The monoisotopic (exact) mass is 291 g/mol. The van der Waals surface area contributed by atoms with Gasteiger partial charge in [0.05, 0.1) is 12.0 Å². The first kappa shape index (κ1) is 15.8. The largest absolute Gasteiger partial charge is 0.461 e. The molecule has 21 heavy (non-hydrogen) atoms. The highest BCUT2D eigenvalue weighted by molar-refractivity contribution is 5.49. The summed E-state index contributed by atoms with van der Waals surface area (Å²) in [6.45, 7) is 9.96. The Balaban J connectivity index is 2.03. The minimum atomic E-state index is 0.0999. The number of hydrogen-bond acceptors (Lipinski definition) is 5. The molecule has 2 aromatic heterocycles. The first-order chi connectivity index (χ1) is 10.0. The van der Waals surface area contributed by atoms with Gasteiger partial charge in [0, 0.05) is 19.2 Å². The maximum absolute atomic E-state index is 5.84. The van der Waals surface area contributed by atoms with Crippen LogP contribution in [0.4, 0.5) is 0 Å². The Morgan fingerprint density at radius 2 is 2.14 bits per heavy atom. The van der Waals surface area contributed by atoms with E-state index in [2.05, 4.69) is 30.8 Å². The zero-order chi connectivity index (χ0) is 15.3.